The molecule has 0 radical (unpaired) electrons. The van der Waals surface area contributed by atoms with Crippen LogP contribution in [-0.2, 0) is 6.61 Å². The average Bonchev–Trinajstić information content (AvgIpc) is 2.14. The van der Waals surface area contributed by atoms with Gasteiger partial charge in [0.25, 0.3) is 0 Å². The fourth-order valence-electron chi connectivity index (χ4n) is 1.06. The first-order valence-corrected chi connectivity index (χ1v) is 5.44. The number of ether oxygens (including phenoxy) is 1. The van der Waals surface area contributed by atoms with Crippen LogP contribution < -0.4 is 4.74 Å². The monoisotopic (exact) mass is 258 g/mol. The van der Waals surface area contributed by atoms with Crippen molar-refractivity contribution in [3.05, 3.63) is 28.2 Å². The standard InChI is InChI=1S/C11H15BrO2/c1-8(2)7-14-11-4-9(6-13)3-10(12)5-11/h3-5,8,13H,6-7H2,1-2H3. The number of hydrogen-bond acceptors (Lipinski definition) is 2. The molecule has 3 heteroatoms. The lowest BCUT2D eigenvalue weighted by molar-refractivity contribution is 0.265. The third-order valence-electron chi connectivity index (χ3n) is 1.70. The normalized spacial score (nSPS) is 10.6. The molecule has 0 aliphatic heterocycles. The second-order valence-corrected chi connectivity index (χ2v) is 4.57. The minimum Gasteiger partial charge on any atom is -0.493 e. The van der Waals surface area contributed by atoms with Crippen molar-refractivity contribution in [3.8, 4) is 5.75 Å². The zero-order chi connectivity index (χ0) is 10.6. The number of aliphatic hydroxyl groups is 1. The van der Waals surface area contributed by atoms with E-state index in [9.17, 15) is 0 Å². The molecule has 0 heterocycles. The predicted molar refractivity (Wildman–Crippen MR) is 60.4 cm³/mol. The molecule has 0 saturated carbocycles. The summed E-state index contributed by atoms with van der Waals surface area (Å²) in [5, 5.41) is 8.99. The maximum atomic E-state index is 8.99. The molecule has 0 fully saturated rings. The van der Waals surface area contributed by atoms with Crippen molar-refractivity contribution in [1.29, 1.82) is 0 Å². The Morgan fingerprint density at radius 1 is 1.36 bits per heavy atom. The molecule has 1 aromatic rings. The number of hydrogen-bond donors (Lipinski definition) is 1. The molecule has 0 saturated heterocycles. The SMILES string of the molecule is CC(C)COc1cc(Br)cc(CO)c1. The van der Waals surface area contributed by atoms with Gasteiger partial charge in [0.15, 0.2) is 0 Å². The Hall–Kier alpha value is -0.540. The van der Waals surface area contributed by atoms with E-state index in [0.29, 0.717) is 12.5 Å². The summed E-state index contributed by atoms with van der Waals surface area (Å²) in [6, 6.07) is 5.64. The van der Waals surface area contributed by atoms with Gasteiger partial charge in [0, 0.05) is 4.47 Å². The highest BCUT2D eigenvalue weighted by Gasteiger charge is 2.01. The highest BCUT2D eigenvalue weighted by Crippen LogP contribution is 2.21. The Morgan fingerprint density at radius 2 is 2.07 bits per heavy atom. The zero-order valence-electron chi connectivity index (χ0n) is 8.46. The van der Waals surface area contributed by atoms with Crippen molar-refractivity contribution in [2.45, 2.75) is 20.5 Å². The fourth-order valence-corrected chi connectivity index (χ4v) is 1.58. The maximum Gasteiger partial charge on any atom is 0.120 e. The summed E-state index contributed by atoms with van der Waals surface area (Å²) in [7, 11) is 0. The van der Waals surface area contributed by atoms with E-state index in [2.05, 4.69) is 29.8 Å². The van der Waals surface area contributed by atoms with Crippen molar-refractivity contribution < 1.29 is 9.84 Å². The molecule has 2 nitrogen and oxygen atoms in total. The average molecular weight is 259 g/mol. The lowest BCUT2D eigenvalue weighted by atomic mass is 10.2. The van der Waals surface area contributed by atoms with Gasteiger partial charge >= 0.3 is 0 Å². The minimum atomic E-state index is 0.0392. The van der Waals surface area contributed by atoms with E-state index in [4.69, 9.17) is 9.84 Å². The third-order valence-corrected chi connectivity index (χ3v) is 2.15. The molecule has 1 aromatic carbocycles. The van der Waals surface area contributed by atoms with E-state index in [1.807, 2.05) is 18.2 Å². The summed E-state index contributed by atoms with van der Waals surface area (Å²) in [5.41, 5.74) is 0.859. The van der Waals surface area contributed by atoms with Crippen LogP contribution in [-0.4, -0.2) is 11.7 Å². The van der Waals surface area contributed by atoms with Crippen molar-refractivity contribution in [2.24, 2.45) is 5.92 Å². The van der Waals surface area contributed by atoms with Crippen LogP contribution in [0.5, 0.6) is 5.75 Å². The molecule has 0 atom stereocenters. The quantitative estimate of drug-likeness (QED) is 0.900. The molecule has 78 valence electrons. The molecule has 1 N–H and O–H groups in total. The van der Waals surface area contributed by atoms with Crippen LogP contribution in [0.2, 0.25) is 0 Å². The first-order chi connectivity index (χ1) is 6.61. The van der Waals surface area contributed by atoms with E-state index in [1.54, 1.807) is 0 Å². The van der Waals surface area contributed by atoms with Gasteiger partial charge in [-0.25, -0.2) is 0 Å². The van der Waals surface area contributed by atoms with Crippen LogP contribution in [0.1, 0.15) is 19.4 Å². The molecular weight excluding hydrogens is 244 g/mol. The van der Waals surface area contributed by atoms with Gasteiger partial charge in [-0.3, -0.25) is 0 Å². The summed E-state index contributed by atoms with van der Waals surface area (Å²) >= 11 is 3.37. The molecule has 0 amide bonds. The van der Waals surface area contributed by atoms with Crippen LogP contribution in [0.4, 0.5) is 0 Å². The summed E-state index contributed by atoms with van der Waals surface area (Å²) in [5.74, 6) is 1.31. The Labute approximate surface area is 93.0 Å². The molecule has 0 bridgehead atoms. The van der Waals surface area contributed by atoms with Crippen LogP contribution in [0.15, 0.2) is 22.7 Å². The van der Waals surface area contributed by atoms with Gasteiger partial charge in [-0.2, -0.15) is 0 Å². The molecule has 14 heavy (non-hydrogen) atoms. The van der Waals surface area contributed by atoms with E-state index in [-0.39, 0.29) is 6.61 Å². The molecule has 1 rings (SSSR count). The van der Waals surface area contributed by atoms with Crippen molar-refractivity contribution >= 4 is 15.9 Å². The van der Waals surface area contributed by atoms with Gasteiger partial charge in [-0.15, -0.1) is 0 Å². The largest absolute Gasteiger partial charge is 0.493 e. The minimum absolute atomic E-state index is 0.0392. The highest BCUT2D eigenvalue weighted by atomic mass is 79.9. The zero-order valence-corrected chi connectivity index (χ0v) is 10.0. The topological polar surface area (TPSA) is 29.5 Å². The van der Waals surface area contributed by atoms with Gasteiger partial charge in [0.2, 0.25) is 0 Å². The smallest absolute Gasteiger partial charge is 0.120 e. The second kappa shape index (κ2) is 5.37. The lowest BCUT2D eigenvalue weighted by Crippen LogP contribution is -2.04. The van der Waals surface area contributed by atoms with Gasteiger partial charge in [0.05, 0.1) is 13.2 Å². The number of benzene rings is 1. The van der Waals surface area contributed by atoms with Crippen LogP contribution in [0.3, 0.4) is 0 Å². The Kier molecular flexibility index (Phi) is 4.42. The van der Waals surface area contributed by atoms with E-state index in [0.717, 1.165) is 15.8 Å². The van der Waals surface area contributed by atoms with Gasteiger partial charge in [-0.05, 0) is 29.7 Å². The third kappa shape index (κ3) is 3.68. The first-order valence-electron chi connectivity index (χ1n) is 4.65. The second-order valence-electron chi connectivity index (χ2n) is 3.66. The predicted octanol–water partition coefficient (Wildman–Crippen LogP) is 2.98. The van der Waals surface area contributed by atoms with Gasteiger partial charge in [0.1, 0.15) is 5.75 Å². The van der Waals surface area contributed by atoms with E-state index < -0.39 is 0 Å². The van der Waals surface area contributed by atoms with Crippen molar-refractivity contribution in [2.75, 3.05) is 6.61 Å². The van der Waals surface area contributed by atoms with Crippen molar-refractivity contribution in [1.82, 2.24) is 0 Å². The first kappa shape index (κ1) is 11.5. The van der Waals surface area contributed by atoms with E-state index in [1.165, 1.54) is 0 Å². The number of rotatable bonds is 4. The van der Waals surface area contributed by atoms with Gasteiger partial charge < -0.3 is 9.84 Å². The maximum absolute atomic E-state index is 8.99. The Morgan fingerprint density at radius 3 is 2.64 bits per heavy atom. The van der Waals surface area contributed by atoms with E-state index >= 15 is 0 Å². The molecule has 0 spiro atoms. The number of halogens is 1. The van der Waals surface area contributed by atoms with Crippen molar-refractivity contribution in [3.63, 3.8) is 0 Å². The summed E-state index contributed by atoms with van der Waals surface area (Å²) < 4.78 is 6.48. The molecule has 0 aliphatic rings. The van der Waals surface area contributed by atoms with Crippen LogP contribution in [0, 0.1) is 5.92 Å². The van der Waals surface area contributed by atoms with Crippen LogP contribution >= 0.6 is 15.9 Å². The fraction of sp³-hybridized carbons (Fsp3) is 0.455. The number of aliphatic hydroxyl groups excluding tert-OH is 1. The molecular formula is C11H15BrO2. The summed E-state index contributed by atoms with van der Waals surface area (Å²) in [6.07, 6.45) is 0. The molecule has 0 aromatic heterocycles. The summed E-state index contributed by atoms with van der Waals surface area (Å²) in [6.45, 7) is 4.94. The van der Waals surface area contributed by atoms with Gasteiger partial charge in [-0.1, -0.05) is 29.8 Å². The van der Waals surface area contributed by atoms with Crippen LogP contribution in [0.25, 0.3) is 0 Å². The Balaban J connectivity index is 2.71. The molecule has 0 aliphatic carbocycles. The lowest BCUT2D eigenvalue weighted by Gasteiger charge is -2.10. The molecule has 0 unspecified atom stereocenters. The highest BCUT2D eigenvalue weighted by molar-refractivity contribution is 9.10. The Bertz CT molecular complexity index is 297. The summed E-state index contributed by atoms with van der Waals surface area (Å²) in [4.78, 5) is 0.